The molecule has 0 unspecified atom stereocenters. The Morgan fingerprint density at radius 1 is 1.20 bits per heavy atom. The Kier molecular flexibility index (Phi) is 5.67. The predicted octanol–water partition coefficient (Wildman–Crippen LogP) is 2.72. The molecule has 0 N–H and O–H groups in total. The largest absolute Gasteiger partial charge is 0.493 e. The van der Waals surface area contributed by atoms with Crippen molar-refractivity contribution in [1.29, 1.82) is 0 Å². The first kappa shape index (κ1) is 17.9. The van der Waals surface area contributed by atoms with Crippen LogP contribution in [0.5, 0.6) is 11.5 Å². The number of non-ortho nitro benzene ring substituents is 1. The number of benzene rings is 2. The molecule has 8 nitrogen and oxygen atoms in total. The highest BCUT2D eigenvalue weighted by Gasteiger charge is 2.15. The third-order valence-corrected chi connectivity index (χ3v) is 3.12. The number of hydrazone groups is 1. The molecule has 0 aliphatic heterocycles. The molecule has 2 aromatic rings. The zero-order valence-electron chi connectivity index (χ0n) is 14.0. The summed E-state index contributed by atoms with van der Waals surface area (Å²) in [6.45, 7) is 0. The SMILES string of the molecule is COc1cc(C=NN(C)C)ccc1OC(=O)c1cccc([N+](=O)[O-])c1. The molecule has 0 bridgehead atoms. The molecule has 130 valence electrons. The van der Waals surface area contributed by atoms with E-state index in [9.17, 15) is 14.9 Å². The summed E-state index contributed by atoms with van der Waals surface area (Å²) in [5, 5.41) is 16.6. The molecule has 25 heavy (non-hydrogen) atoms. The van der Waals surface area contributed by atoms with Crippen LogP contribution >= 0.6 is 0 Å². The van der Waals surface area contributed by atoms with E-state index in [1.165, 1.54) is 25.3 Å². The molecule has 0 amide bonds. The summed E-state index contributed by atoms with van der Waals surface area (Å²) in [7, 11) is 5.04. The number of ether oxygens (including phenoxy) is 2. The van der Waals surface area contributed by atoms with Gasteiger partial charge < -0.3 is 14.5 Å². The summed E-state index contributed by atoms with van der Waals surface area (Å²) in [6, 6.07) is 10.3. The maximum atomic E-state index is 12.2. The van der Waals surface area contributed by atoms with Gasteiger partial charge >= 0.3 is 5.97 Å². The summed E-state index contributed by atoms with van der Waals surface area (Å²) in [5.41, 5.74) is 0.659. The number of rotatable bonds is 6. The van der Waals surface area contributed by atoms with Gasteiger partial charge in [0.15, 0.2) is 11.5 Å². The number of hydrogen-bond donors (Lipinski definition) is 0. The molecule has 0 aliphatic carbocycles. The number of nitro groups is 1. The van der Waals surface area contributed by atoms with Gasteiger partial charge in [-0.1, -0.05) is 6.07 Å². The summed E-state index contributed by atoms with van der Waals surface area (Å²) in [5.74, 6) is -0.154. The average molecular weight is 343 g/mol. The zero-order chi connectivity index (χ0) is 18.4. The smallest absolute Gasteiger partial charge is 0.343 e. The van der Waals surface area contributed by atoms with Crippen LogP contribution in [0.4, 0.5) is 5.69 Å². The maximum absolute atomic E-state index is 12.2. The van der Waals surface area contributed by atoms with E-state index < -0.39 is 10.9 Å². The fraction of sp³-hybridized carbons (Fsp3) is 0.176. The maximum Gasteiger partial charge on any atom is 0.343 e. The Bertz CT molecular complexity index is 818. The van der Waals surface area contributed by atoms with Crippen molar-refractivity contribution in [3.8, 4) is 11.5 Å². The third kappa shape index (κ3) is 4.77. The lowest BCUT2D eigenvalue weighted by Crippen LogP contribution is -2.10. The van der Waals surface area contributed by atoms with E-state index in [0.717, 1.165) is 11.6 Å². The van der Waals surface area contributed by atoms with Gasteiger partial charge in [0.25, 0.3) is 5.69 Å². The van der Waals surface area contributed by atoms with Crippen molar-refractivity contribution in [2.45, 2.75) is 0 Å². The molecular weight excluding hydrogens is 326 g/mol. The van der Waals surface area contributed by atoms with Gasteiger partial charge in [-0.3, -0.25) is 10.1 Å². The summed E-state index contributed by atoms with van der Waals surface area (Å²) < 4.78 is 10.5. The second kappa shape index (κ2) is 7.91. The molecular formula is C17H17N3O5. The van der Waals surface area contributed by atoms with Gasteiger partial charge in [-0.05, 0) is 29.8 Å². The molecule has 0 saturated heterocycles. The summed E-state index contributed by atoms with van der Waals surface area (Å²) >= 11 is 0. The van der Waals surface area contributed by atoms with Crippen LogP contribution in [0, 0.1) is 10.1 Å². The monoisotopic (exact) mass is 343 g/mol. The number of hydrogen-bond acceptors (Lipinski definition) is 7. The Hall–Kier alpha value is -3.42. The van der Waals surface area contributed by atoms with Crippen molar-refractivity contribution in [1.82, 2.24) is 5.01 Å². The van der Waals surface area contributed by atoms with Crippen molar-refractivity contribution < 1.29 is 19.2 Å². The van der Waals surface area contributed by atoms with Gasteiger partial charge in [-0.15, -0.1) is 0 Å². The van der Waals surface area contributed by atoms with Crippen molar-refractivity contribution >= 4 is 17.9 Å². The molecule has 0 fully saturated rings. The minimum atomic E-state index is -0.711. The lowest BCUT2D eigenvalue weighted by molar-refractivity contribution is -0.384. The molecule has 2 rings (SSSR count). The van der Waals surface area contributed by atoms with E-state index in [1.807, 2.05) is 0 Å². The number of carbonyl (C=O) groups is 1. The van der Waals surface area contributed by atoms with E-state index in [-0.39, 0.29) is 17.0 Å². The zero-order valence-corrected chi connectivity index (χ0v) is 14.0. The standard InChI is InChI=1S/C17H17N3O5/c1-19(2)18-11-12-7-8-15(16(9-12)24-3)25-17(21)13-5-4-6-14(10-13)20(22)23/h4-11H,1-3H3. The number of esters is 1. The van der Waals surface area contributed by atoms with Gasteiger partial charge in [-0.2, -0.15) is 5.10 Å². The van der Waals surface area contributed by atoms with Gasteiger partial charge in [0.2, 0.25) is 0 Å². The van der Waals surface area contributed by atoms with Crippen molar-refractivity contribution in [2.24, 2.45) is 5.10 Å². The van der Waals surface area contributed by atoms with Gasteiger partial charge in [0.05, 0.1) is 23.8 Å². The minimum Gasteiger partial charge on any atom is -0.493 e. The fourth-order valence-electron chi connectivity index (χ4n) is 1.94. The quantitative estimate of drug-likeness (QED) is 0.263. The van der Waals surface area contributed by atoms with Crippen LogP contribution in [0.1, 0.15) is 15.9 Å². The minimum absolute atomic E-state index is 0.0782. The lowest BCUT2D eigenvalue weighted by Gasteiger charge is -2.10. The third-order valence-electron chi connectivity index (χ3n) is 3.12. The molecule has 0 heterocycles. The van der Waals surface area contributed by atoms with Gasteiger partial charge in [0, 0.05) is 26.2 Å². The molecule has 0 spiro atoms. The van der Waals surface area contributed by atoms with Crippen LogP contribution in [0.15, 0.2) is 47.6 Å². The van der Waals surface area contributed by atoms with E-state index in [2.05, 4.69) is 5.10 Å². The molecule has 0 aromatic heterocycles. The molecule has 8 heteroatoms. The Morgan fingerprint density at radius 2 is 1.96 bits per heavy atom. The molecule has 0 saturated carbocycles. The molecule has 0 aliphatic rings. The lowest BCUT2D eigenvalue weighted by atomic mass is 10.2. The van der Waals surface area contributed by atoms with Gasteiger partial charge in [-0.25, -0.2) is 4.79 Å². The van der Waals surface area contributed by atoms with Crippen LogP contribution in [0.2, 0.25) is 0 Å². The van der Waals surface area contributed by atoms with Crippen LogP contribution in [0.3, 0.4) is 0 Å². The van der Waals surface area contributed by atoms with Crippen LogP contribution in [-0.4, -0.2) is 43.3 Å². The fourth-order valence-corrected chi connectivity index (χ4v) is 1.94. The average Bonchev–Trinajstić information content (AvgIpc) is 2.60. The first-order valence-corrected chi connectivity index (χ1v) is 7.26. The first-order valence-electron chi connectivity index (χ1n) is 7.26. The summed E-state index contributed by atoms with van der Waals surface area (Å²) in [6.07, 6.45) is 1.63. The van der Waals surface area contributed by atoms with Crippen LogP contribution < -0.4 is 9.47 Å². The second-order valence-corrected chi connectivity index (χ2v) is 5.20. The van der Waals surface area contributed by atoms with E-state index in [0.29, 0.717) is 5.75 Å². The van der Waals surface area contributed by atoms with Crippen LogP contribution in [0.25, 0.3) is 0 Å². The van der Waals surface area contributed by atoms with Gasteiger partial charge in [0.1, 0.15) is 0 Å². The van der Waals surface area contributed by atoms with E-state index in [1.54, 1.807) is 43.5 Å². The number of nitro benzene ring substituents is 1. The summed E-state index contributed by atoms with van der Waals surface area (Å²) in [4.78, 5) is 22.4. The normalized spacial score (nSPS) is 10.5. The Labute approximate surface area is 144 Å². The first-order chi connectivity index (χ1) is 11.9. The van der Waals surface area contributed by atoms with E-state index >= 15 is 0 Å². The van der Waals surface area contributed by atoms with Crippen molar-refractivity contribution in [3.05, 3.63) is 63.7 Å². The topological polar surface area (TPSA) is 94.3 Å². The molecule has 0 radical (unpaired) electrons. The highest BCUT2D eigenvalue weighted by Crippen LogP contribution is 2.28. The van der Waals surface area contributed by atoms with E-state index in [4.69, 9.17) is 9.47 Å². The Balaban J connectivity index is 2.23. The highest BCUT2D eigenvalue weighted by atomic mass is 16.6. The number of methoxy groups -OCH3 is 1. The van der Waals surface area contributed by atoms with Crippen LogP contribution in [-0.2, 0) is 0 Å². The molecule has 0 atom stereocenters. The Morgan fingerprint density at radius 3 is 2.60 bits per heavy atom. The highest BCUT2D eigenvalue weighted by molar-refractivity contribution is 5.92. The number of carbonyl (C=O) groups excluding carboxylic acids is 1. The molecule has 2 aromatic carbocycles. The number of nitrogens with zero attached hydrogens (tertiary/aromatic N) is 3. The predicted molar refractivity (Wildman–Crippen MR) is 92.3 cm³/mol. The van der Waals surface area contributed by atoms with Crippen molar-refractivity contribution in [3.63, 3.8) is 0 Å². The van der Waals surface area contributed by atoms with Crippen molar-refractivity contribution in [2.75, 3.05) is 21.2 Å². The second-order valence-electron chi connectivity index (χ2n) is 5.20.